The predicted octanol–water partition coefficient (Wildman–Crippen LogP) is 3.38. The van der Waals surface area contributed by atoms with Gasteiger partial charge < -0.3 is 9.84 Å². The molecule has 8 nitrogen and oxygen atoms in total. The number of carbonyl (C=O) groups excluding carboxylic acids is 1. The summed E-state index contributed by atoms with van der Waals surface area (Å²) >= 11 is 5.74. The summed E-state index contributed by atoms with van der Waals surface area (Å²) in [7, 11) is 0. The van der Waals surface area contributed by atoms with Gasteiger partial charge in [0.05, 0.1) is 17.1 Å². The Kier molecular flexibility index (Phi) is 4.24. The van der Waals surface area contributed by atoms with Crippen molar-refractivity contribution in [2.75, 3.05) is 0 Å². The molecule has 1 amide bonds. The van der Waals surface area contributed by atoms with E-state index in [0.29, 0.717) is 34.7 Å². The molecule has 0 aliphatic heterocycles. The van der Waals surface area contributed by atoms with Crippen LogP contribution in [0.2, 0.25) is 5.02 Å². The fourth-order valence-electron chi connectivity index (χ4n) is 3.00. The maximum atomic E-state index is 13.3. The number of fused-ring (bicyclic) bond motifs is 1. The highest BCUT2D eigenvalue weighted by Crippen LogP contribution is 2.39. The molecule has 0 bridgehead atoms. The van der Waals surface area contributed by atoms with Crippen LogP contribution in [0.25, 0.3) is 17.1 Å². The van der Waals surface area contributed by atoms with E-state index in [9.17, 15) is 9.18 Å². The average Bonchev–Trinajstić information content (AvgIpc) is 3.31. The Balaban J connectivity index is 1.38. The number of nitrogens with one attached hydrogen (secondary N) is 1. The number of amides is 1. The Morgan fingerprint density at radius 3 is 2.97 bits per heavy atom. The highest BCUT2D eigenvalue weighted by atomic mass is 35.5. The first kappa shape index (κ1) is 17.7. The van der Waals surface area contributed by atoms with Crippen LogP contribution < -0.4 is 5.32 Å². The van der Waals surface area contributed by atoms with Gasteiger partial charge in [0, 0.05) is 17.7 Å². The summed E-state index contributed by atoms with van der Waals surface area (Å²) in [6.45, 7) is 0.121. The van der Waals surface area contributed by atoms with Crippen LogP contribution in [0.3, 0.4) is 0 Å². The van der Waals surface area contributed by atoms with E-state index in [-0.39, 0.29) is 17.1 Å². The number of benzene rings is 1. The molecule has 0 radical (unpaired) electrons. The van der Waals surface area contributed by atoms with E-state index in [4.69, 9.17) is 16.1 Å². The molecule has 146 valence electrons. The second kappa shape index (κ2) is 6.93. The summed E-state index contributed by atoms with van der Waals surface area (Å²) in [5, 5.41) is 15.0. The van der Waals surface area contributed by atoms with Gasteiger partial charge in [-0.2, -0.15) is 4.98 Å². The van der Waals surface area contributed by atoms with Crippen molar-refractivity contribution >= 4 is 23.2 Å². The maximum absolute atomic E-state index is 13.3. The SMILES string of the molecule is O=C(NCc1nnc2c(-c3nc(C4CC4)no3)cccn12)c1ccc(F)c(Cl)c1. The van der Waals surface area contributed by atoms with Crippen molar-refractivity contribution in [2.45, 2.75) is 25.3 Å². The summed E-state index contributed by atoms with van der Waals surface area (Å²) in [6.07, 6.45) is 3.95. The van der Waals surface area contributed by atoms with Crippen LogP contribution in [0.1, 0.15) is 40.8 Å². The van der Waals surface area contributed by atoms with Gasteiger partial charge in [0.25, 0.3) is 11.8 Å². The van der Waals surface area contributed by atoms with Crippen molar-refractivity contribution < 1.29 is 13.7 Å². The topological polar surface area (TPSA) is 98.2 Å². The normalized spacial score (nSPS) is 13.7. The lowest BCUT2D eigenvalue weighted by atomic mass is 10.2. The van der Waals surface area contributed by atoms with E-state index < -0.39 is 11.7 Å². The molecule has 1 saturated carbocycles. The Labute approximate surface area is 168 Å². The third kappa shape index (κ3) is 3.33. The second-order valence-electron chi connectivity index (χ2n) is 6.78. The summed E-state index contributed by atoms with van der Waals surface area (Å²) in [5.74, 6) is 1.03. The summed E-state index contributed by atoms with van der Waals surface area (Å²) in [4.78, 5) is 16.8. The third-order valence-electron chi connectivity index (χ3n) is 4.71. The van der Waals surface area contributed by atoms with Gasteiger partial charge in [-0.3, -0.25) is 9.20 Å². The standard InChI is InChI=1S/C19H14ClFN6O2/c20-13-8-11(5-6-14(13)21)18(28)22-9-15-24-25-17-12(2-1-7-27(15)17)19-23-16(26-29-19)10-3-4-10/h1-2,5-8,10H,3-4,9H2,(H,22,28). The molecule has 0 unspecified atom stereocenters. The molecule has 3 aromatic heterocycles. The van der Waals surface area contributed by atoms with Gasteiger partial charge in [-0.05, 0) is 43.2 Å². The fraction of sp³-hybridized carbons (Fsp3) is 0.211. The van der Waals surface area contributed by atoms with Gasteiger partial charge in [-0.15, -0.1) is 10.2 Å². The molecular weight excluding hydrogens is 399 g/mol. The molecule has 0 atom stereocenters. The fourth-order valence-corrected chi connectivity index (χ4v) is 3.18. The molecule has 4 aromatic rings. The highest BCUT2D eigenvalue weighted by Gasteiger charge is 2.29. The second-order valence-corrected chi connectivity index (χ2v) is 7.18. The minimum atomic E-state index is -0.579. The number of hydrogen-bond donors (Lipinski definition) is 1. The van der Waals surface area contributed by atoms with E-state index in [0.717, 1.165) is 18.9 Å². The van der Waals surface area contributed by atoms with Crippen molar-refractivity contribution in [1.82, 2.24) is 30.1 Å². The number of rotatable bonds is 5. The Morgan fingerprint density at radius 2 is 2.17 bits per heavy atom. The molecule has 1 aliphatic rings. The van der Waals surface area contributed by atoms with Gasteiger partial charge in [-0.25, -0.2) is 4.39 Å². The minimum Gasteiger partial charge on any atom is -0.345 e. The van der Waals surface area contributed by atoms with Crippen molar-refractivity contribution in [3.63, 3.8) is 0 Å². The summed E-state index contributed by atoms with van der Waals surface area (Å²) < 4.78 is 20.4. The van der Waals surface area contributed by atoms with Crippen LogP contribution in [-0.4, -0.2) is 30.6 Å². The van der Waals surface area contributed by atoms with Gasteiger partial charge in [0.2, 0.25) is 0 Å². The molecule has 10 heteroatoms. The van der Waals surface area contributed by atoms with Crippen molar-refractivity contribution in [3.05, 3.63) is 64.6 Å². The Bertz CT molecular complexity index is 1230. The van der Waals surface area contributed by atoms with Crippen LogP contribution in [0.15, 0.2) is 41.1 Å². The lowest BCUT2D eigenvalue weighted by Crippen LogP contribution is -2.24. The first-order valence-corrected chi connectivity index (χ1v) is 9.38. The van der Waals surface area contributed by atoms with E-state index in [1.807, 2.05) is 12.1 Å². The lowest BCUT2D eigenvalue weighted by molar-refractivity contribution is 0.0949. The molecule has 1 aliphatic carbocycles. The number of halogens is 2. The van der Waals surface area contributed by atoms with Crippen LogP contribution in [0, 0.1) is 5.82 Å². The number of carbonyl (C=O) groups is 1. The lowest BCUT2D eigenvalue weighted by Gasteiger charge is -2.05. The molecule has 1 fully saturated rings. The summed E-state index contributed by atoms with van der Waals surface area (Å²) in [6, 6.07) is 7.44. The van der Waals surface area contributed by atoms with Gasteiger partial charge in [-0.1, -0.05) is 16.8 Å². The van der Waals surface area contributed by atoms with Gasteiger partial charge in [0.1, 0.15) is 5.82 Å². The van der Waals surface area contributed by atoms with Crippen LogP contribution in [-0.2, 0) is 6.54 Å². The van der Waals surface area contributed by atoms with Crippen LogP contribution in [0.5, 0.6) is 0 Å². The number of nitrogens with zero attached hydrogens (tertiary/aromatic N) is 5. The third-order valence-corrected chi connectivity index (χ3v) is 5.00. The molecule has 1 N–H and O–H groups in total. The molecule has 0 spiro atoms. The molecule has 5 rings (SSSR count). The van der Waals surface area contributed by atoms with Crippen LogP contribution in [0.4, 0.5) is 4.39 Å². The Morgan fingerprint density at radius 1 is 1.31 bits per heavy atom. The maximum Gasteiger partial charge on any atom is 0.261 e. The zero-order valence-corrected chi connectivity index (χ0v) is 15.7. The minimum absolute atomic E-state index is 0.111. The first-order chi connectivity index (χ1) is 14.1. The van der Waals surface area contributed by atoms with Crippen molar-refractivity contribution in [2.24, 2.45) is 0 Å². The quantitative estimate of drug-likeness (QED) is 0.539. The van der Waals surface area contributed by atoms with E-state index in [2.05, 4.69) is 25.7 Å². The van der Waals surface area contributed by atoms with Crippen molar-refractivity contribution in [3.8, 4) is 11.5 Å². The average molecular weight is 413 g/mol. The summed E-state index contributed by atoms with van der Waals surface area (Å²) in [5.41, 5.74) is 1.47. The predicted molar refractivity (Wildman–Crippen MR) is 101 cm³/mol. The largest absolute Gasteiger partial charge is 0.345 e. The zero-order chi connectivity index (χ0) is 20.0. The van der Waals surface area contributed by atoms with E-state index in [1.165, 1.54) is 12.1 Å². The number of aromatic nitrogens is 5. The van der Waals surface area contributed by atoms with Gasteiger partial charge >= 0.3 is 0 Å². The van der Waals surface area contributed by atoms with Crippen LogP contribution >= 0.6 is 11.6 Å². The van der Waals surface area contributed by atoms with Crippen molar-refractivity contribution in [1.29, 1.82) is 0 Å². The zero-order valence-electron chi connectivity index (χ0n) is 15.0. The van der Waals surface area contributed by atoms with E-state index >= 15 is 0 Å². The molecule has 1 aromatic carbocycles. The molecule has 0 saturated heterocycles. The molecular formula is C19H14ClFN6O2. The monoisotopic (exact) mass is 412 g/mol. The highest BCUT2D eigenvalue weighted by molar-refractivity contribution is 6.31. The Hall–Kier alpha value is -3.33. The molecule has 29 heavy (non-hydrogen) atoms. The first-order valence-electron chi connectivity index (χ1n) is 9.00. The number of hydrogen-bond acceptors (Lipinski definition) is 6. The smallest absolute Gasteiger partial charge is 0.261 e. The van der Waals surface area contributed by atoms with Gasteiger partial charge in [0.15, 0.2) is 17.3 Å². The molecule has 3 heterocycles. The number of pyridine rings is 1. The van der Waals surface area contributed by atoms with E-state index in [1.54, 1.807) is 10.6 Å².